The number of amides is 1. The fourth-order valence-corrected chi connectivity index (χ4v) is 4.21. The van der Waals surface area contributed by atoms with E-state index in [1.165, 1.54) is 4.88 Å². The van der Waals surface area contributed by atoms with Gasteiger partial charge in [0.1, 0.15) is 5.82 Å². The molecule has 5 aromatic rings. The predicted molar refractivity (Wildman–Crippen MR) is 119 cm³/mol. The molecule has 0 aliphatic rings. The summed E-state index contributed by atoms with van der Waals surface area (Å²) in [5.74, 6) is 0.594. The fraction of sp³-hybridized carbons (Fsp3) is 0.0870. The molecule has 0 saturated heterocycles. The minimum absolute atomic E-state index is 0.158. The number of rotatable bonds is 5. The maximum absolute atomic E-state index is 13.2. The Kier molecular flexibility index (Phi) is 4.65. The highest BCUT2D eigenvalue weighted by atomic mass is 32.1. The third-order valence-electron chi connectivity index (χ3n) is 5.03. The van der Waals surface area contributed by atoms with Crippen LogP contribution in [0.1, 0.15) is 15.4 Å². The van der Waals surface area contributed by atoms with Crippen molar-refractivity contribution >= 4 is 28.4 Å². The van der Waals surface area contributed by atoms with Gasteiger partial charge in [-0.05, 0) is 41.8 Å². The Balaban J connectivity index is 1.53. The normalized spacial score (nSPS) is 11.1. The molecule has 0 aliphatic heterocycles. The smallest absolute Gasteiger partial charge is 0.278 e. The van der Waals surface area contributed by atoms with Gasteiger partial charge in [0.05, 0.1) is 12.1 Å². The molecule has 5 rings (SSSR count). The average Bonchev–Trinajstić information content (AvgIpc) is 3.54. The molecule has 148 valence electrons. The van der Waals surface area contributed by atoms with Crippen LogP contribution in [-0.4, -0.2) is 31.9 Å². The van der Waals surface area contributed by atoms with Crippen LogP contribution in [0, 0.1) is 0 Å². The number of aromatic nitrogens is 4. The number of hydrogen-bond acceptors (Lipinski definition) is 4. The van der Waals surface area contributed by atoms with Crippen molar-refractivity contribution in [1.29, 1.82) is 0 Å². The van der Waals surface area contributed by atoms with Crippen molar-refractivity contribution in [3.05, 3.63) is 95.5 Å². The van der Waals surface area contributed by atoms with Crippen LogP contribution >= 0.6 is 11.3 Å². The molecule has 0 N–H and O–H groups in total. The van der Waals surface area contributed by atoms with Crippen molar-refractivity contribution in [2.75, 3.05) is 11.9 Å². The highest BCUT2D eigenvalue weighted by Crippen LogP contribution is 2.25. The van der Waals surface area contributed by atoms with Crippen LogP contribution in [0.4, 0.5) is 5.69 Å². The van der Waals surface area contributed by atoms with Gasteiger partial charge in [-0.15, -0.1) is 11.3 Å². The molecule has 0 radical (unpaired) electrons. The lowest BCUT2D eigenvalue weighted by Crippen LogP contribution is -2.26. The molecular weight excluding hydrogens is 394 g/mol. The summed E-state index contributed by atoms with van der Waals surface area (Å²) in [5, 5.41) is 2.08. The summed E-state index contributed by atoms with van der Waals surface area (Å²) < 4.78 is 4.11. The van der Waals surface area contributed by atoms with E-state index in [-0.39, 0.29) is 5.91 Å². The number of fused-ring (bicyclic) bond motifs is 1. The summed E-state index contributed by atoms with van der Waals surface area (Å²) in [6.07, 6.45) is 9.40. The summed E-state index contributed by atoms with van der Waals surface area (Å²) in [6.45, 7) is 0.817. The Bertz CT molecular complexity index is 1300. The molecule has 0 spiro atoms. The zero-order valence-electron chi connectivity index (χ0n) is 16.3. The molecule has 1 amide bonds. The molecule has 5 aromatic heterocycles. The van der Waals surface area contributed by atoms with E-state index in [1.54, 1.807) is 35.7 Å². The lowest BCUT2D eigenvalue weighted by Gasteiger charge is -2.15. The van der Waals surface area contributed by atoms with E-state index in [0.29, 0.717) is 5.69 Å². The Morgan fingerprint density at radius 3 is 2.73 bits per heavy atom. The first-order valence-corrected chi connectivity index (χ1v) is 10.4. The van der Waals surface area contributed by atoms with Crippen molar-refractivity contribution < 1.29 is 4.79 Å². The first-order valence-electron chi connectivity index (χ1n) is 9.54. The van der Waals surface area contributed by atoms with E-state index in [2.05, 4.69) is 33.3 Å². The van der Waals surface area contributed by atoms with Crippen molar-refractivity contribution in [2.45, 2.75) is 6.54 Å². The second-order valence-electron chi connectivity index (χ2n) is 6.96. The van der Waals surface area contributed by atoms with Gasteiger partial charge in [-0.2, -0.15) is 0 Å². The van der Waals surface area contributed by atoms with Crippen LogP contribution in [0.15, 0.2) is 84.9 Å². The van der Waals surface area contributed by atoms with Gasteiger partial charge in [0.25, 0.3) is 5.91 Å². The average molecular weight is 414 g/mol. The van der Waals surface area contributed by atoms with Crippen LogP contribution in [0.3, 0.4) is 0 Å². The first-order chi connectivity index (χ1) is 14.7. The van der Waals surface area contributed by atoms with Crippen molar-refractivity contribution in [3.63, 3.8) is 0 Å². The summed E-state index contributed by atoms with van der Waals surface area (Å²) >= 11 is 1.74. The van der Waals surface area contributed by atoms with Gasteiger partial charge in [0.2, 0.25) is 0 Å². The number of thiophene rings is 1. The maximum atomic E-state index is 13.2. The Hall–Kier alpha value is -3.71. The molecule has 0 saturated carbocycles. The minimum atomic E-state index is -0.158. The molecule has 30 heavy (non-hydrogen) atoms. The molecule has 0 aliphatic carbocycles. The van der Waals surface area contributed by atoms with Gasteiger partial charge in [-0.25, -0.2) is 4.98 Å². The molecule has 0 unspecified atom stereocenters. The lowest BCUT2D eigenvalue weighted by atomic mass is 10.3. The molecule has 0 aromatic carbocycles. The largest absolute Gasteiger partial charge is 0.348 e. The fourth-order valence-electron chi connectivity index (χ4n) is 3.50. The highest BCUT2D eigenvalue weighted by molar-refractivity contribution is 7.09. The Morgan fingerprint density at radius 2 is 1.93 bits per heavy atom. The quantitative estimate of drug-likeness (QED) is 0.424. The third-order valence-corrected chi connectivity index (χ3v) is 5.89. The number of carbonyl (C=O) groups is 1. The summed E-state index contributed by atoms with van der Waals surface area (Å²) in [7, 11) is 1.75. The van der Waals surface area contributed by atoms with E-state index in [0.717, 1.165) is 29.1 Å². The molecule has 0 atom stereocenters. The minimum Gasteiger partial charge on any atom is -0.348 e. The van der Waals surface area contributed by atoms with Gasteiger partial charge in [0, 0.05) is 54.2 Å². The lowest BCUT2D eigenvalue weighted by molar-refractivity contribution is 0.0990. The van der Waals surface area contributed by atoms with Crippen molar-refractivity contribution in [2.24, 2.45) is 0 Å². The van der Waals surface area contributed by atoms with E-state index in [9.17, 15) is 4.79 Å². The van der Waals surface area contributed by atoms with E-state index in [1.807, 2.05) is 53.2 Å². The first kappa shape index (κ1) is 18.3. The molecular formula is C23H19N5OS. The highest BCUT2D eigenvalue weighted by Gasteiger charge is 2.22. The standard InChI is InChI=1S/C23H19N5OS/c1-26(18-7-10-24-11-8-18)23(29)21-20-6-2-3-12-28(20)22(25-21)17-9-13-27(15-17)16-19-5-4-14-30-19/h2-15H,16H2,1H3. The second-order valence-corrected chi connectivity index (χ2v) is 7.99. The molecule has 0 fully saturated rings. The topological polar surface area (TPSA) is 55.4 Å². The van der Waals surface area contributed by atoms with E-state index in [4.69, 9.17) is 4.98 Å². The molecule has 6 nitrogen and oxygen atoms in total. The van der Waals surface area contributed by atoms with Crippen LogP contribution in [-0.2, 0) is 6.54 Å². The number of anilines is 1. The summed E-state index contributed by atoms with van der Waals surface area (Å²) in [6, 6.07) is 15.6. The molecule has 5 heterocycles. The van der Waals surface area contributed by atoms with Crippen molar-refractivity contribution in [3.8, 4) is 11.4 Å². The van der Waals surface area contributed by atoms with Gasteiger partial charge < -0.3 is 9.47 Å². The molecule has 7 heteroatoms. The van der Waals surface area contributed by atoms with Crippen LogP contribution in [0.5, 0.6) is 0 Å². The Morgan fingerprint density at radius 1 is 1.07 bits per heavy atom. The van der Waals surface area contributed by atoms with Gasteiger partial charge in [0.15, 0.2) is 5.69 Å². The van der Waals surface area contributed by atoms with Gasteiger partial charge >= 0.3 is 0 Å². The number of imidazole rings is 1. The number of carbonyl (C=O) groups excluding carboxylic acids is 1. The van der Waals surface area contributed by atoms with Crippen LogP contribution < -0.4 is 4.90 Å². The SMILES string of the molecule is CN(C(=O)c1nc(-c2ccn(Cc3cccs3)c2)n2ccccc12)c1ccncc1. The predicted octanol–water partition coefficient (Wildman–Crippen LogP) is 4.58. The maximum Gasteiger partial charge on any atom is 0.278 e. The summed E-state index contributed by atoms with van der Waals surface area (Å²) in [5.41, 5.74) is 2.95. The monoisotopic (exact) mass is 413 g/mol. The second kappa shape index (κ2) is 7.61. The van der Waals surface area contributed by atoms with Crippen LogP contribution in [0.2, 0.25) is 0 Å². The van der Waals surface area contributed by atoms with E-state index < -0.39 is 0 Å². The van der Waals surface area contributed by atoms with Crippen LogP contribution in [0.25, 0.3) is 16.9 Å². The van der Waals surface area contributed by atoms with Gasteiger partial charge in [-0.1, -0.05) is 12.1 Å². The molecule has 0 bridgehead atoms. The van der Waals surface area contributed by atoms with Crippen molar-refractivity contribution in [1.82, 2.24) is 18.9 Å². The summed E-state index contributed by atoms with van der Waals surface area (Å²) in [4.78, 5) is 24.9. The zero-order valence-corrected chi connectivity index (χ0v) is 17.2. The number of nitrogens with zero attached hydrogens (tertiary/aromatic N) is 5. The third kappa shape index (κ3) is 3.29. The van der Waals surface area contributed by atoms with E-state index >= 15 is 0 Å². The zero-order chi connectivity index (χ0) is 20.5. The number of hydrogen-bond donors (Lipinski definition) is 0. The number of pyridine rings is 2. The Labute approximate surface area is 177 Å². The van der Waals surface area contributed by atoms with Gasteiger partial charge in [-0.3, -0.25) is 14.2 Å².